The van der Waals surface area contributed by atoms with E-state index in [1.54, 1.807) is 0 Å². The largest absolute Gasteiger partial charge is 0.433 e. The first-order valence-corrected chi connectivity index (χ1v) is 6.39. The van der Waals surface area contributed by atoms with Crippen molar-refractivity contribution in [1.29, 1.82) is 0 Å². The van der Waals surface area contributed by atoms with E-state index in [2.05, 4.69) is 20.6 Å². The SMILES string of the molecule is CCCNC(=O)CN(C)c1cc(C(F)(F)F)nc(NC)n1. The summed E-state index contributed by atoms with van der Waals surface area (Å²) in [5.74, 6) is -0.411. The van der Waals surface area contributed by atoms with E-state index >= 15 is 0 Å². The van der Waals surface area contributed by atoms with Gasteiger partial charge < -0.3 is 15.5 Å². The number of carbonyl (C=O) groups excluding carboxylic acids is 1. The van der Waals surface area contributed by atoms with Gasteiger partial charge in [0.1, 0.15) is 5.82 Å². The predicted octanol–water partition coefficient (Wildman–Crippen LogP) is 1.50. The second kappa shape index (κ2) is 7.09. The van der Waals surface area contributed by atoms with Crippen LogP contribution in [0.4, 0.5) is 24.9 Å². The number of hydrogen-bond donors (Lipinski definition) is 2. The van der Waals surface area contributed by atoms with E-state index in [0.29, 0.717) is 6.54 Å². The second-order valence-corrected chi connectivity index (χ2v) is 4.39. The minimum atomic E-state index is -4.57. The van der Waals surface area contributed by atoms with Crippen LogP contribution in [-0.2, 0) is 11.0 Å². The third kappa shape index (κ3) is 5.09. The highest BCUT2D eigenvalue weighted by Crippen LogP contribution is 2.30. The van der Waals surface area contributed by atoms with Crippen LogP contribution in [0.25, 0.3) is 0 Å². The summed E-state index contributed by atoms with van der Waals surface area (Å²) in [6.07, 6.45) is -3.79. The highest BCUT2D eigenvalue weighted by molar-refractivity contribution is 5.80. The molecule has 1 aromatic rings. The third-order valence-electron chi connectivity index (χ3n) is 2.57. The smallest absolute Gasteiger partial charge is 0.357 e. The summed E-state index contributed by atoms with van der Waals surface area (Å²) < 4.78 is 38.3. The molecule has 0 aliphatic carbocycles. The summed E-state index contributed by atoms with van der Waals surface area (Å²) in [6, 6.07) is 0.813. The number of carbonyl (C=O) groups is 1. The van der Waals surface area contributed by atoms with Crippen molar-refractivity contribution in [2.45, 2.75) is 19.5 Å². The first-order chi connectivity index (χ1) is 9.77. The first kappa shape index (κ1) is 17.0. The van der Waals surface area contributed by atoms with Crippen LogP contribution < -0.4 is 15.5 Å². The molecule has 0 fully saturated rings. The molecule has 0 atom stereocenters. The van der Waals surface area contributed by atoms with Crippen LogP contribution in [0.15, 0.2) is 6.07 Å². The maximum atomic E-state index is 12.8. The van der Waals surface area contributed by atoms with Crippen molar-refractivity contribution in [3.63, 3.8) is 0 Å². The number of halogens is 3. The molecule has 118 valence electrons. The quantitative estimate of drug-likeness (QED) is 0.833. The molecule has 21 heavy (non-hydrogen) atoms. The van der Waals surface area contributed by atoms with E-state index in [-0.39, 0.29) is 24.2 Å². The van der Waals surface area contributed by atoms with Gasteiger partial charge in [0.05, 0.1) is 6.54 Å². The van der Waals surface area contributed by atoms with Crippen LogP contribution in [0, 0.1) is 0 Å². The maximum Gasteiger partial charge on any atom is 0.433 e. The van der Waals surface area contributed by atoms with Crippen LogP contribution in [0.3, 0.4) is 0 Å². The highest BCUT2D eigenvalue weighted by Gasteiger charge is 2.34. The van der Waals surface area contributed by atoms with Crippen LogP contribution >= 0.6 is 0 Å². The molecule has 0 radical (unpaired) electrons. The molecule has 0 aliphatic rings. The molecule has 1 heterocycles. The third-order valence-corrected chi connectivity index (χ3v) is 2.57. The Balaban J connectivity index is 2.93. The molecule has 0 aromatic carbocycles. The van der Waals surface area contributed by atoms with Crippen molar-refractivity contribution in [2.75, 3.05) is 37.4 Å². The van der Waals surface area contributed by atoms with Crippen LogP contribution in [0.5, 0.6) is 0 Å². The molecule has 0 unspecified atom stereocenters. The lowest BCUT2D eigenvalue weighted by atomic mass is 10.3. The molecule has 0 bridgehead atoms. The Kier molecular flexibility index (Phi) is 5.74. The number of rotatable bonds is 6. The molecule has 0 aliphatic heterocycles. The summed E-state index contributed by atoms with van der Waals surface area (Å²) in [5.41, 5.74) is -1.06. The Labute approximate surface area is 120 Å². The zero-order valence-corrected chi connectivity index (χ0v) is 12.1. The molecule has 1 aromatic heterocycles. The lowest BCUT2D eigenvalue weighted by Gasteiger charge is -2.19. The molecule has 0 saturated heterocycles. The van der Waals surface area contributed by atoms with Crippen molar-refractivity contribution in [2.24, 2.45) is 0 Å². The standard InChI is InChI=1S/C12H18F3N5O/c1-4-5-17-10(21)7-20(3)9-6-8(12(13,14)15)18-11(16-2)19-9/h6H,4-5,7H2,1-3H3,(H,17,21)(H,16,18,19). The molecule has 1 amide bonds. The normalized spacial score (nSPS) is 11.1. The van der Waals surface area contributed by atoms with Crippen LogP contribution in [-0.4, -0.2) is 43.1 Å². The van der Waals surface area contributed by atoms with E-state index in [4.69, 9.17) is 0 Å². The number of anilines is 2. The number of aromatic nitrogens is 2. The van der Waals surface area contributed by atoms with Crippen LogP contribution in [0.2, 0.25) is 0 Å². The number of amides is 1. The topological polar surface area (TPSA) is 70.2 Å². The van der Waals surface area contributed by atoms with Crippen molar-refractivity contribution in [3.8, 4) is 0 Å². The Bertz CT molecular complexity index is 492. The number of alkyl halides is 3. The van der Waals surface area contributed by atoms with E-state index in [9.17, 15) is 18.0 Å². The van der Waals surface area contributed by atoms with Gasteiger partial charge in [-0.2, -0.15) is 18.2 Å². The van der Waals surface area contributed by atoms with Crippen molar-refractivity contribution in [1.82, 2.24) is 15.3 Å². The Morgan fingerprint density at radius 3 is 2.57 bits per heavy atom. The summed E-state index contributed by atoms with van der Waals surface area (Å²) in [6.45, 7) is 2.34. The van der Waals surface area contributed by atoms with Crippen molar-refractivity contribution >= 4 is 17.7 Å². The summed E-state index contributed by atoms with van der Waals surface area (Å²) in [5, 5.41) is 5.12. The Hall–Kier alpha value is -2.06. The minimum Gasteiger partial charge on any atom is -0.357 e. The summed E-state index contributed by atoms with van der Waals surface area (Å²) >= 11 is 0. The summed E-state index contributed by atoms with van der Waals surface area (Å²) in [4.78, 5) is 20.2. The van der Waals surface area contributed by atoms with Crippen molar-refractivity contribution < 1.29 is 18.0 Å². The van der Waals surface area contributed by atoms with Gasteiger partial charge in [0.25, 0.3) is 0 Å². The predicted molar refractivity (Wildman–Crippen MR) is 73.2 cm³/mol. The van der Waals surface area contributed by atoms with E-state index in [1.165, 1.54) is 19.0 Å². The lowest BCUT2D eigenvalue weighted by Crippen LogP contribution is -2.36. The van der Waals surface area contributed by atoms with E-state index < -0.39 is 11.9 Å². The number of nitrogens with one attached hydrogen (secondary N) is 2. The summed E-state index contributed by atoms with van der Waals surface area (Å²) in [7, 11) is 2.92. The van der Waals surface area contributed by atoms with Gasteiger partial charge in [0.15, 0.2) is 5.69 Å². The Morgan fingerprint density at radius 1 is 1.38 bits per heavy atom. The fraction of sp³-hybridized carbons (Fsp3) is 0.583. The second-order valence-electron chi connectivity index (χ2n) is 4.39. The van der Waals surface area contributed by atoms with Gasteiger partial charge in [-0.15, -0.1) is 0 Å². The van der Waals surface area contributed by atoms with E-state index in [1.807, 2.05) is 6.92 Å². The van der Waals surface area contributed by atoms with Crippen LogP contribution in [0.1, 0.15) is 19.0 Å². The lowest BCUT2D eigenvalue weighted by molar-refractivity contribution is -0.141. The molecule has 0 saturated carbocycles. The van der Waals surface area contributed by atoms with Gasteiger partial charge >= 0.3 is 6.18 Å². The molecule has 9 heteroatoms. The minimum absolute atomic E-state index is 0.0216. The molecular formula is C12H18F3N5O. The van der Waals surface area contributed by atoms with Gasteiger partial charge in [-0.05, 0) is 6.42 Å². The average Bonchev–Trinajstić information content (AvgIpc) is 2.43. The van der Waals surface area contributed by atoms with E-state index in [0.717, 1.165) is 12.5 Å². The first-order valence-electron chi connectivity index (χ1n) is 6.39. The van der Waals surface area contributed by atoms with Gasteiger partial charge in [-0.25, -0.2) is 4.98 Å². The number of likely N-dealkylation sites (N-methyl/N-ethyl adjacent to an activating group) is 1. The van der Waals surface area contributed by atoms with Gasteiger partial charge in [0.2, 0.25) is 11.9 Å². The Morgan fingerprint density at radius 2 is 2.05 bits per heavy atom. The number of nitrogens with zero attached hydrogens (tertiary/aromatic N) is 3. The molecular weight excluding hydrogens is 287 g/mol. The zero-order chi connectivity index (χ0) is 16.0. The van der Waals surface area contributed by atoms with Gasteiger partial charge in [0, 0.05) is 26.7 Å². The monoisotopic (exact) mass is 305 g/mol. The average molecular weight is 305 g/mol. The molecule has 6 nitrogen and oxygen atoms in total. The van der Waals surface area contributed by atoms with Gasteiger partial charge in [-0.3, -0.25) is 4.79 Å². The fourth-order valence-corrected chi connectivity index (χ4v) is 1.50. The molecule has 0 spiro atoms. The zero-order valence-electron chi connectivity index (χ0n) is 12.1. The maximum absolute atomic E-state index is 12.8. The van der Waals surface area contributed by atoms with Gasteiger partial charge in [-0.1, -0.05) is 6.92 Å². The van der Waals surface area contributed by atoms with Crippen molar-refractivity contribution in [3.05, 3.63) is 11.8 Å². The number of hydrogen-bond acceptors (Lipinski definition) is 5. The molecule has 1 rings (SSSR count). The fourth-order valence-electron chi connectivity index (χ4n) is 1.50. The molecule has 2 N–H and O–H groups in total. The highest BCUT2D eigenvalue weighted by atomic mass is 19.4.